The Kier molecular flexibility index (Phi) is 3.63. The number of terminal acetylenes is 1. The van der Waals surface area contributed by atoms with E-state index in [4.69, 9.17) is 11.2 Å². The maximum atomic E-state index is 11.5. The fraction of sp³-hybridized carbons (Fsp3) is 0.143. The SMILES string of the molecule is C#CCOC(=O)Nc1nc2c(s1)CSc1ccccc1-2. The molecule has 1 aliphatic heterocycles. The molecule has 3 rings (SSSR count). The van der Waals surface area contributed by atoms with Gasteiger partial charge in [0.15, 0.2) is 11.7 Å². The van der Waals surface area contributed by atoms with E-state index in [0.717, 1.165) is 21.9 Å². The van der Waals surface area contributed by atoms with Gasteiger partial charge in [-0.1, -0.05) is 24.1 Å². The first-order chi connectivity index (χ1) is 9.78. The first-order valence-corrected chi connectivity index (χ1v) is 7.67. The zero-order valence-corrected chi connectivity index (χ0v) is 12.0. The van der Waals surface area contributed by atoms with Crippen molar-refractivity contribution in [2.75, 3.05) is 11.9 Å². The molecule has 1 amide bonds. The lowest BCUT2D eigenvalue weighted by molar-refractivity contribution is 0.176. The van der Waals surface area contributed by atoms with Gasteiger partial charge in [-0.15, -0.1) is 29.5 Å². The number of benzene rings is 1. The number of hydrogen-bond donors (Lipinski definition) is 1. The number of hydrogen-bond acceptors (Lipinski definition) is 5. The first-order valence-electron chi connectivity index (χ1n) is 5.87. The molecule has 1 aromatic carbocycles. The fourth-order valence-corrected chi connectivity index (χ4v) is 3.96. The van der Waals surface area contributed by atoms with Crippen molar-refractivity contribution in [3.05, 3.63) is 29.1 Å². The predicted octanol–water partition coefficient (Wildman–Crippen LogP) is 3.60. The zero-order chi connectivity index (χ0) is 13.9. The van der Waals surface area contributed by atoms with Gasteiger partial charge < -0.3 is 4.74 Å². The maximum Gasteiger partial charge on any atom is 0.414 e. The average Bonchev–Trinajstić information content (AvgIpc) is 2.88. The molecule has 2 heterocycles. The number of thiazole rings is 1. The first kappa shape index (κ1) is 13.0. The van der Waals surface area contributed by atoms with Gasteiger partial charge in [0, 0.05) is 21.1 Å². The quantitative estimate of drug-likeness (QED) is 0.861. The Morgan fingerprint density at radius 3 is 3.20 bits per heavy atom. The normalized spacial score (nSPS) is 11.9. The molecule has 20 heavy (non-hydrogen) atoms. The summed E-state index contributed by atoms with van der Waals surface area (Å²) in [5.74, 6) is 3.11. The number of carbonyl (C=O) groups is 1. The Morgan fingerprint density at radius 1 is 1.50 bits per heavy atom. The molecular formula is C14H10N2O2S2. The molecule has 0 spiro atoms. The van der Waals surface area contributed by atoms with Crippen LogP contribution in [0.25, 0.3) is 11.3 Å². The molecule has 0 bridgehead atoms. The lowest BCUT2D eigenvalue weighted by Crippen LogP contribution is -2.13. The highest BCUT2D eigenvalue weighted by atomic mass is 32.2. The molecular weight excluding hydrogens is 292 g/mol. The molecule has 0 saturated carbocycles. The molecule has 0 atom stereocenters. The van der Waals surface area contributed by atoms with Crippen LogP contribution in [0.3, 0.4) is 0 Å². The molecule has 1 aliphatic rings. The van der Waals surface area contributed by atoms with E-state index in [1.54, 1.807) is 11.8 Å². The van der Waals surface area contributed by atoms with Crippen LogP contribution in [0.4, 0.5) is 9.93 Å². The third-order valence-corrected chi connectivity index (χ3v) is 4.95. The van der Waals surface area contributed by atoms with Gasteiger partial charge in [0.05, 0.1) is 5.69 Å². The average molecular weight is 302 g/mol. The third-order valence-electron chi connectivity index (χ3n) is 2.69. The number of rotatable bonds is 2. The minimum absolute atomic E-state index is 0.0460. The number of anilines is 1. The van der Waals surface area contributed by atoms with Gasteiger partial charge in [0.25, 0.3) is 0 Å². The summed E-state index contributed by atoms with van der Waals surface area (Å²) >= 11 is 3.24. The summed E-state index contributed by atoms with van der Waals surface area (Å²) in [4.78, 5) is 18.3. The molecule has 2 aromatic rings. The second-order valence-corrected chi connectivity index (χ2v) is 6.08. The van der Waals surface area contributed by atoms with Crippen LogP contribution in [-0.2, 0) is 10.5 Å². The van der Waals surface area contributed by atoms with Crippen LogP contribution in [0.15, 0.2) is 29.2 Å². The van der Waals surface area contributed by atoms with Crippen molar-refractivity contribution in [2.45, 2.75) is 10.6 Å². The van der Waals surface area contributed by atoms with Gasteiger partial charge in [-0.2, -0.15) is 0 Å². The lowest BCUT2D eigenvalue weighted by Gasteiger charge is -2.13. The summed E-state index contributed by atoms with van der Waals surface area (Å²) in [7, 11) is 0. The van der Waals surface area contributed by atoms with Crippen molar-refractivity contribution in [1.29, 1.82) is 0 Å². The summed E-state index contributed by atoms with van der Waals surface area (Å²) in [5.41, 5.74) is 2.05. The van der Waals surface area contributed by atoms with Crippen LogP contribution in [0.1, 0.15) is 4.88 Å². The highest BCUT2D eigenvalue weighted by molar-refractivity contribution is 7.98. The van der Waals surface area contributed by atoms with Crippen molar-refractivity contribution in [3.63, 3.8) is 0 Å². The van der Waals surface area contributed by atoms with Crippen molar-refractivity contribution in [1.82, 2.24) is 4.98 Å². The van der Waals surface area contributed by atoms with E-state index in [9.17, 15) is 4.79 Å². The molecule has 0 aliphatic carbocycles. The Morgan fingerprint density at radius 2 is 2.35 bits per heavy atom. The second kappa shape index (κ2) is 5.57. The van der Waals surface area contributed by atoms with Crippen LogP contribution in [0, 0.1) is 12.3 Å². The summed E-state index contributed by atoms with van der Waals surface area (Å²) in [5, 5.41) is 3.14. The van der Waals surface area contributed by atoms with E-state index in [-0.39, 0.29) is 6.61 Å². The number of nitrogens with one attached hydrogen (secondary N) is 1. The molecule has 1 aromatic heterocycles. The largest absolute Gasteiger partial charge is 0.436 e. The number of thioether (sulfide) groups is 1. The highest BCUT2D eigenvalue weighted by Gasteiger charge is 2.21. The molecule has 6 heteroatoms. The van der Waals surface area contributed by atoms with Crippen LogP contribution >= 0.6 is 23.1 Å². The summed E-state index contributed by atoms with van der Waals surface area (Å²) in [6.45, 7) is -0.0460. The second-order valence-electron chi connectivity index (χ2n) is 3.98. The van der Waals surface area contributed by atoms with Gasteiger partial charge in [-0.25, -0.2) is 9.78 Å². The minimum Gasteiger partial charge on any atom is -0.436 e. The van der Waals surface area contributed by atoms with Crippen molar-refractivity contribution >= 4 is 34.3 Å². The highest BCUT2D eigenvalue weighted by Crippen LogP contribution is 2.44. The standard InChI is InChI=1S/C14H10N2O2S2/c1-2-7-18-14(17)16-13-15-12-9-5-3-4-6-10(9)19-8-11(12)20-13/h1,3-6H,7-8H2,(H,15,16,17). The van der Waals surface area contributed by atoms with Crippen LogP contribution < -0.4 is 5.32 Å². The number of ether oxygens (including phenoxy) is 1. The zero-order valence-electron chi connectivity index (χ0n) is 10.4. The fourth-order valence-electron chi connectivity index (χ4n) is 1.88. The summed E-state index contributed by atoms with van der Waals surface area (Å²) < 4.78 is 4.77. The molecule has 4 nitrogen and oxygen atoms in total. The van der Waals surface area contributed by atoms with Gasteiger partial charge in [0.2, 0.25) is 0 Å². The topological polar surface area (TPSA) is 51.2 Å². The van der Waals surface area contributed by atoms with Gasteiger partial charge in [-0.3, -0.25) is 5.32 Å². The van der Waals surface area contributed by atoms with Crippen LogP contribution in [0.2, 0.25) is 0 Å². The van der Waals surface area contributed by atoms with Crippen molar-refractivity contribution < 1.29 is 9.53 Å². The monoisotopic (exact) mass is 302 g/mol. The number of nitrogens with zero attached hydrogens (tertiary/aromatic N) is 1. The molecule has 0 saturated heterocycles. The third kappa shape index (κ3) is 2.50. The Balaban J connectivity index is 1.84. The van der Waals surface area contributed by atoms with E-state index in [2.05, 4.69) is 22.3 Å². The Bertz CT molecular complexity index is 703. The van der Waals surface area contributed by atoms with Crippen LogP contribution in [-0.4, -0.2) is 17.7 Å². The lowest BCUT2D eigenvalue weighted by atomic mass is 10.1. The van der Waals surface area contributed by atoms with E-state index in [1.807, 2.05) is 18.2 Å². The molecule has 0 radical (unpaired) electrons. The van der Waals surface area contributed by atoms with Gasteiger partial charge in [0.1, 0.15) is 0 Å². The smallest absolute Gasteiger partial charge is 0.414 e. The predicted molar refractivity (Wildman–Crippen MR) is 80.9 cm³/mol. The minimum atomic E-state index is -0.574. The van der Waals surface area contributed by atoms with Crippen molar-refractivity contribution in [3.8, 4) is 23.6 Å². The number of fused-ring (bicyclic) bond motifs is 3. The maximum absolute atomic E-state index is 11.5. The van der Waals surface area contributed by atoms with E-state index >= 15 is 0 Å². The summed E-state index contributed by atoms with van der Waals surface area (Å²) in [6.07, 6.45) is 4.46. The number of amides is 1. The molecule has 1 N–H and O–H groups in total. The number of aromatic nitrogens is 1. The molecule has 0 unspecified atom stereocenters. The van der Waals surface area contributed by atoms with Crippen molar-refractivity contribution in [2.24, 2.45) is 0 Å². The number of carbonyl (C=O) groups excluding carboxylic acids is 1. The van der Waals surface area contributed by atoms with E-state index in [1.165, 1.54) is 16.2 Å². The Hall–Kier alpha value is -1.97. The van der Waals surface area contributed by atoms with Crippen LogP contribution in [0.5, 0.6) is 0 Å². The van der Waals surface area contributed by atoms with Gasteiger partial charge >= 0.3 is 6.09 Å². The molecule has 0 fully saturated rings. The van der Waals surface area contributed by atoms with E-state index in [0.29, 0.717) is 5.13 Å². The molecule has 100 valence electrons. The van der Waals surface area contributed by atoms with Gasteiger partial charge in [-0.05, 0) is 6.07 Å². The Labute approximate surface area is 124 Å². The van der Waals surface area contributed by atoms with E-state index < -0.39 is 6.09 Å². The summed E-state index contributed by atoms with van der Waals surface area (Å²) in [6, 6.07) is 8.12.